The number of anilines is 2. The molecule has 7 nitrogen and oxygen atoms in total. The minimum absolute atomic E-state index is 0.590. The van der Waals surface area contributed by atoms with Crippen molar-refractivity contribution in [3.8, 4) is 5.88 Å². The third-order valence-corrected chi connectivity index (χ3v) is 3.11. The molecule has 2 aromatic heterocycles. The summed E-state index contributed by atoms with van der Waals surface area (Å²) in [5, 5.41) is 3.30. The van der Waals surface area contributed by atoms with Gasteiger partial charge in [-0.2, -0.15) is 0 Å². The molecule has 0 amide bonds. The maximum atomic E-state index is 5.50. The molecule has 0 unspecified atom stereocenters. The van der Waals surface area contributed by atoms with Gasteiger partial charge in [0.25, 0.3) is 0 Å². The van der Waals surface area contributed by atoms with Crippen molar-refractivity contribution in [1.29, 1.82) is 0 Å². The molecule has 2 aromatic rings. The Bertz CT molecular complexity index is 616. The van der Waals surface area contributed by atoms with Crippen molar-refractivity contribution in [3.63, 3.8) is 0 Å². The number of aryl methyl sites for hydroxylation is 1. The highest BCUT2D eigenvalue weighted by atomic mass is 16.5. The molecule has 0 saturated carbocycles. The number of hydrogen-bond donors (Lipinski definition) is 3. The average molecular weight is 288 g/mol. The first-order valence-electron chi connectivity index (χ1n) is 6.74. The Balaban J connectivity index is 2.18. The van der Waals surface area contributed by atoms with Crippen LogP contribution in [0.4, 0.5) is 11.6 Å². The quantitative estimate of drug-likeness (QED) is 0.549. The molecule has 0 saturated heterocycles. The first-order chi connectivity index (χ1) is 10.2. The Hall–Kier alpha value is -2.41. The number of aromatic nitrogens is 3. The van der Waals surface area contributed by atoms with Crippen molar-refractivity contribution in [2.75, 3.05) is 17.9 Å². The Labute approximate surface area is 123 Å². The van der Waals surface area contributed by atoms with Gasteiger partial charge in [0.2, 0.25) is 5.88 Å². The smallest absolute Gasteiger partial charge is 0.213 e. The largest absolute Gasteiger partial charge is 0.481 e. The number of nitrogen functional groups attached to an aromatic ring is 1. The van der Waals surface area contributed by atoms with Gasteiger partial charge < -0.3 is 15.5 Å². The van der Waals surface area contributed by atoms with Crippen molar-refractivity contribution in [1.82, 2.24) is 15.0 Å². The van der Waals surface area contributed by atoms with Gasteiger partial charge in [0.1, 0.15) is 17.5 Å². The normalized spacial score (nSPS) is 10.3. The van der Waals surface area contributed by atoms with Gasteiger partial charge in [-0.05, 0) is 18.6 Å². The number of pyridine rings is 1. The number of rotatable bonds is 6. The van der Waals surface area contributed by atoms with Crippen LogP contribution in [0.3, 0.4) is 0 Å². The molecule has 0 bridgehead atoms. The topological polar surface area (TPSA) is 98.0 Å². The van der Waals surface area contributed by atoms with Gasteiger partial charge >= 0.3 is 0 Å². The summed E-state index contributed by atoms with van der Waals surface area (Å²) in [4.78, 5) is 12.9. The number of ether oxygens (including phenoxy) is 1. The zero-order chi connectivity index (χ0) is 15.2. The summed E-state index contributed by atoms with van der Waals surface area (Å²) in [7, 11) is 1.60. The molecule has 2 heterocycles. The third-order valence-electron chi connectivity index (χ3n) is 3.11. The lowest BCUT2D eigenvalue weighted by atomic mass is 10.2. The average Bonchev–Trinajstić information content (AvgIpc) is 2.54. The highest BCUT2D eigenvalue weighted by Gasteiger charge is 2.09. The zero-order valence-corrected chi connectivity index (χ0v) is 12.5. The van der Waals surface area contributed by atoms with Crippen molar-refractivity contribution < 1.29 is 4.74 Å². The monoisotopic (exact) mass is 288 g/mol. The molecule has 0 aliphatic rings. The molecule has 21 heavy (non-hydrogen) atoms. The predicted molar refractivity (Wildman–Crippen MR) is 82.1 cm³/mol. The third kappa shape index (κ3) is 3.57. The summed E-state index contributed by atoms with van der Waals surface area (Å²) in [5.74, 6) is 8.23. The van der Waals surface area contributed by atoms with E-state index >= 15 is 0 Å². The fourth-order valence-electron chi connectivity index (χ4n) is 1.89. The molecule has 7 heteroatoms. The number of nitrogens with two attached hydrogens (primary N) is 1. The first-order valence-corrected chi connectivity index (χ1v) is 6.74. The van der Waals surface area contributed by atoms with E-state index in [4.69, 9.17) is 10.6 Å². The van der Waals surface area contributed by atoms with E-state index in [0.717, 1.165) is 29.2 Å². The van der Waals surface area contributed by atoms with E-state index in [0.29, 0.717) is 18.2 Å². The summed E-state index contributed by atoms with van der Waals surface area (Å²) >= 11 is 0. The van der Waals surface area contributed by atoms with Crippen LogP contribution in [0, 0.1) is 6.92 Å². The SMILES string of the molecule is CCc1nc(NN)c(C)c(NCc2ccnc(OC)c2)n1. The van der Waals surface area contributed by atoms with Crippen molar-refractivity contribution in [2.24, 2.45) is 5.84 Å². The van der Waals surface area contributed by atoms with Crippen molar-refractivity contribution in [2.45, 2.75) is 26.8 Å². The maximum Gasteiger partial charge on any atom is 0.213 e. The molecule has 0 aliphatic heterocycles. The second-order valence-corrected chi connectivity index (χ2v) is 4.52. The lowest BCUT2D eigenvalue weighted by Gasteiger charge is -2.13. The molecule has 0 aromatic carbocycles. The summed E-state index contributed by atoms with van der Waals surface area (Å²) < 4.78 is 5.11. The molecule has 0 spiro atoms. The van der Waals surface area contributed by atoms with Crippen LogP contribution in [-0.2, 0) is 13.0 Å². The Morgan fingerprint density at radius 2 is 2.05 bits per heavy atom. The fourth-order valence-corrected chi connectivity index (χ4v) is 1.89. The minimum atomic E-state index is 0.590. The molecule has 0 aliphatic carbocycles. The van der Waals surface area contributed by atoms with Gasteiger partial charge in [0, 0.05) is 30.8 Å². The standard InChI is InChI=1S/C14H20N6O/c1-4-11-18-13(9(2)14(19-11)20-15)17-8-10-5-6-16-12(7-10)21-3/h5-7H,4,8,15H2,1-3H3,(H2,17,18,19,20). The van der Waals surface area contributed by atoms with Crippen molar-refractivity contribution in [3.05, 3.63) is 35.3 Å². The second-order valence-electron chi connectivity index (χ2n) is 4.52. The Kier molecular flexibility index (Phi) is 4.89. The highest BCUT2D eigenvalue weighted by molar-refractivity contribution is 5.56. The van der Waals surface area contributed by atoms with Crippen LogP contribution >= 0.6 is 0 Å². The van der Waals surface area contributed by atoms with Crippen LogP contribution < -0.4 is 21.3 Å². The Morgan fingerprint density at radius 3 is 2.71 bits per heavy atom. The lowest BCUT2D eigenvalue weighted by molar-refractivity contribution is 0.397. The van der Waals surface area contributed by atoms with Crippen LogP contribution in [0.15, 0.2) is 18.3 Å². The molecule has 2 rings (SSSR count). The highest BCUT2D eigenvalue weighted by Crippen LogP contribution is 2.20. The summed E-state index contributed by atoms with van der Waals surface area (Å²) in [5.41, 5.74) is 4.55. The van der Waals surface area contributed by atoms with Crippen LogP contribution in [0.5, 0.6) is 5.88 Å². The number of nitrogens with one attached hydrogen (secondary N) is 2. The van der Waals surface area contributed by atoms with E-state index in [1.54, 1.807) is 13.3 Å². The van der Waals surface area contributed by atoms with E-state index < -0.39 is 0 Å². The predicted octanol–water partition coefficient (Wildman–Crippen LogP) is 1.65. The molecule has 0 atom stereocenters. The lowest BCUT2D eigenvalue weighted by Crippen LogP contribution is -2.14. The molecule has 4 N–H and O–H groups in total. The van der Waals surface area contributed by atoms with Crippen LogP contribution in [-0.4, -0.2) is 22.1 Å². The van der Waals surface area contributed by atoms with Gasteiger partial charge in [-0.25, -0.2) is 20.8 Å². The first kappa shape index (κ1) is 15.0. The van der Waals surface area contributed by atoms with E-state index in [2.05, 4.69) is 25.7 Å². The van der Waals surface area contributed by atoms with E-state index in [9.17, 15) is 0 Å². The fraction of sp³-hybridized carbons (Fsp3) is 0.357. The van der Waals surface area contributed by atoms with Crippen LogP contribution in [0.1, 0.15) is 23.9 Å². The van der Waals surface area contributed by atoms with Gasteiger partial charge in [0.05, 0.1) is 7.11 Å². The number of methoxy groups -OCH3 is 1. The molecule has 0 fully saturated rings. The van der Waals surface area contributed by atoms with Gasteiger partial charge in [-0.15, -0.1) is 0 Å². The summed E-state index contributed by atoms with van der Waals surface area (Å²) in [6.45, 7) is 4.54. The number of nitrogens with zero attached hydrogens (tertiary/aromatic N) is 3. The molecule has 112 valence electrons. The Morgan fingerprint density at radius 1 is 1.29 bits per heavy atom. The van der Waals surface area contributed by atoms with Crippen LogP contribution in [0.25, 0.3) is 0 Å². The van der Waals surface area contributed by atoms with Gasteiger partial charge in [0.15, 0.2) is 0 Å². The van der Waals surface area contributed by atoms with E-state index in [1.165, 1.54) is 0 Å². The summed E-state index contributed by atoms with van der Waals surface area (Å²) in [6.07, 6.45) is 2.46. The van der Waals surface area contributed by atoms with Crippen LogP contribution in [0.2, 0.25) is 0 Å². The van der Waals surface area contributed by atoms with E-state index in [-0.39, 0.29) is 0 Å². The molecular weight excluding hydrogens is 268 g/mol. The van der Waals surface area contributed by atoms with Crippen molar-refractivity contribution >= 4 is 11.6 Å². The number of hydrogen-bond acceptors (Lipinski definition) is 7. The van der Waals surface area contributed by atoms with Gasteiger partial charge in [-0.3, -0.25) is 0 Å². The second kappa shape index (κ2) is 6.85. The van der Waals surface area contributed by atoms with Gasteiger partial charge in [-0.1, -0.05) is 6.92 Å². The molecule has 0 radical (unpaired) electrons. The van der Waals surface area contributed by atoms with E-state index in [1.807, 2.05) is 26.0 Å². The zero-order valence-electron chi connectivity index (χ0n) is 12.5. The molecular formula is C14H20N6O. The maximum absolute atomic E-state index is 5.50. The minimum Gasteiger partial charge on any atom is -0.481 e. The number of hydrazine groups is 1. The summed E-state index contributed by atoms with van der Waals surface area (Å²) in [6, 6.07) is 3.81.